The molecule has 0 fully saturated rings. The lowest BCUT2D eigenvalue weighted by Gasteiger charge is -2.28. The minimum absolute atomic E-state index is 0.133. The number of rotatable bonds is 10. The Kier molecular flexibility index (Phi) is 9.36. The minimum Gasteiger partial charge on any atom is -0.469 e. The van der Waals surface area contributed by atoms with E-state index in [1.54, 1.807) is 6.92 Å². The molecule has 0 N–H and O–H groups in total. The molecule has 0 bridgehead atoms. The number of carbonyl (C=O) groups is 3. The second kappa shape index (κ2) is 10.1. The molecule has 0 radical (unpaired) electrons. The third kappa shape index (κ3) is 6.57. The molecule has 1 unspecified atom stereocenters. The van der Waals surface area contributed by atoms with Gasteiger partial charge in [0.15, 0.2) is 5.60 Å². The van der Waals surface area contributed by atoms with Gasteiger partial charge in [-0.1, -0.05) is 13.3 Å². The van der Waals surface area contributed by atoms with E-state index in [-0.39, 0.29) is 13.2 Å². The van der Waals surface area contributed by atoms with Crippen LogP contribution in [0.2, 0.25) is 0 Å². The van der Waals surface area contributed by atoms with Crippen LogP contribution >= 0.6 is 0 Å². The van der Waals surface area contributed by atoms with Crippen molar-refractivity contribution in [1.82, 2.24) is 0 Å². The smallest absolute Gasteiger partial charge is 0.339 e. The maximum atomic E-state index is 12.0. The van der Waals surface area contributed by atoms with Crippen LogP contribution in [0.25, 0.3) is 0 Å². The van der Waals surface area contributed by atoms with E-state index in [4.69, 9.17) is 9.47 Å². The Morgan fingerprint density at radius 3 is 2.05 bits per heavy atom. The molecule has 0 amide bonds. The summed E-state index contributed by atoms with van der Waals surface area (Å²) in [6, 6.07) is 0. The standard InChI is InChI=1S/C14H24O7/c1-5-7-8-20-12(16)10-14(21-6-2,13(17)19-4)9-11(15)18-3/h5-10H2,1-4H3. The van der Waals surface area contributed by atoms with Crippen molar-refractivity contribution in [3.8, 4) is 0 Å². The molecule has 122 valence electrons. The Labute approximate surface area is 124 Å². The first-order valence-electron chi connectivity index (χ1n) is 6.90. The Hall–Kier alpha value is -1.63. The molecule has 0 aliphatic heterocycles. The maximum absolute atomic E-state index is 12.0. The molecule has 0 aliphatic rings. The molecule has 0 aromatic heterocycles. The molecule has 0 heterocycles. The molecular weight excluding hydrogens is 280 g/mol. The van der Waals surface area contributed by atoms with Gasteiger partial charge in [0.2, 0.25) is 0 Å². The van der Waals surface area contributed by atoms with E-state index in [1.165, 1.54) is 7.11 Å². The first kappa shape index (κ1) is 19.4. The largest absolute Gasteiger partial charge is 0.469 e. The van der Waals surface area contributed by atoms with Crippen LogP contribution in [0.5, 0.6) is 0 Å². The first-order chi connectivity index (χ1) is 9.95. The number of ether oxygens (including phenoxy) is 4. The molecule has 7 heteroatoms. The van der Waals surface area contributed by atoms with Crippen LogP contribution in [0.15, 0.2) is 0 Å². The fourth-order valence-electron chi connectivity index (χ4n) is 1.75. The summed E-state index contributed by atoms with van der Waals surface area (Å²) in [5.41, 5.74) is -1.71. The highest BCUT2D eigenvalue weighted by Crippen LogP contribution is 2.24. The average molecular weight is 304 g/mol. The van der Waals surface area contributed by atoms with Crippen LogP contribution in [0.4, 0.5) is 0 Å². The summed E-state index contributed by atoms with van der Waals surface area (Å²) in [5, 5.41) is 0. The second-order valence-corrected chi connectivity index (χ2v) is 4.42. The Bertz CT molecular complexity index is 353. The van der Waals surface area contributed by atoms with Crippen LogP contribution in [0.3, 0.4) is 0 Å². The SMILES string of the molecule is CCCCOC(=O)CC(CC(=O)OC)(OCC)C(=O)OC. The van der Waals surface area contributed by atoms with Gasteiger partial charge in [-0.15, -0.1) is 0 Å². The van der Waals surface area contributed by atoms with Gasteiger partial charge >= 0.3 is 17.9 Å². The normalized spacial score (nSPS) is 13.1. The third-order valence-corrected chi connectivity index (χ3v) is 2.83. The van der Waals surface area contributed by atoms with Gasteiger partial charge in [0.1, 0.15) is 0 Å². The lowest BCUT2D eigenvalue weighted by molar-refractivity contribution is -0.182. The zero-order chi connectivity index (χ0) is 16.3. The maximum Gasteiger partial charge on any atom is 0.339 e. The topological polar surface area (TPSA) is 88.1 Å². The Morgan fingerprint density at radius 1 is 0.952 bits per heavy atom. The molecule has 0 rings (SSSR count). The summed E-state index contributed by atoms with van der Waals surface area (Å²) in [4.78, 5) is 35.3. The van der Waals surface area contributed by atoms with Crippen molar-refractivity contribution >= 4 is 17.9 Å². The summed E-state index contributed by atoms with van der Waals surface area (Å²) >= 11 is 0. The van der Waals surface area contributed by atoms with Gasteiger partial charge in [-0.2, -0.15) is 0 Å². The molecule has 0 saturated carbocycles. The number of carbonyl (C=O) groups excluding carboxylic acids is 3. The molecular formula is C14H24O7. The highest BCUT2D eigenvalue weighted by molar-refractivity contribution is 5.90. The lowest BCUT2D eigenvalue weighted by Crippen LogP contribution is -2.47. The predicted molar refractivity (Wildman–Crippen MR) is 73.5 cm³/mol. The molecule has 0 aromatic carbocycles. The van der Waals surface area contributed by atoms with Crippen molar-refractivity contribution in [3.05, 3.63) is 0 Å². The number of hydrogen-bond donors (Lipinski definition) is 0. The summed E-state index contributed by atoms with van der Waals surface area (Å²) in [6.45, 7) is 4.01. The van der Waals surface area contributed by atoms with E-state index in [1.807, 2.05) is 6.92 Å². The molecule has 0 aliphatic carbocycles. The van der Waals surface area contributed by atoms with Gasteiger partial charge < -0.3 is 18.9 Å². The van der Waals surface area contributed by atoms with Crippen molar-refractivity contribution in [3.63, 3.8) is 0 Å². The minimum atomic E-state index is -1.71. The van der Waals surface area contributed by atoms with Crippen LogP contribution in [-0.2, 0) is 33.3 Å². The highest BCUT2D eigenvalue weighted by Gasteiger charge is 2.45. The van der Waals surface area contributed by atoms with E-state index in [9.17, 15) is 14.4 Å². The van der Waals surface area contributed by atoms with Crippen molar-refractivity contribution in [2.45, 2.75) is 45.1 Å². The zero-order valence-corrected chi connectivity index (χ0v) is 13.1. The van der Waals surface area contributed by atoms with E-state index in [0.29, 0.717) is 0 Å². The highest BCUT2D eigenvalue weighted by atomic mass is 16.6. The van der Waals surface area contributed by atoms with Crippen LogP contribution < -0.4 is 0 Å². The number of unbranched alkanes of at least 4 members (excludes halogenated alkanes) is 1. The summed E-state index contributed by atoms with van der Waals surface area (Å²) in [7, 11) is 2.35. The number of esters is 3. The predicted octanol–water partition coefficient (Wildman–Crippen LogP) is 1.23. The Morgan fingerprint density at radius 2 is 1.57 bits per heavy atom. The van der Waals surface area contributed by atoms with Crippen LogP contribution in [-0.4, -0.2) is 50.9 Å². The Balaban J connectivity index is 5.02. The van der Waals surface area contributed by atoms with Crippen molar-refractivity contribution in [2.24, 2.45) is 0 Å². The van der Waals surface area contributed by atoms with Gasteiger partial charge in [-0.05, 0) is 13.3 Å². The second-order valence-electron chi connectivity index (χ2n) is 4.42. The summed E-state index contributed by atoms with van der Waals surface area (Å²) in [6.07, 6.45) is 0.796. The fraction of sp³-hybridized carbons (Fsp3) is 0.786. The van der Waals surface area contributed by atoms with Crippen LogP contribution in [0.1, 0.15) is 39.5 Å². The van der Waals surface area contributed by atoms with E-state index in [2.05, 4.69) is 9.47 Å². The molecule has 7 nitrogen and oxygen atoms in total. The van der Waals surface area contributed by atoms with Crippen LogP contribution in [0, 0.1) is 0 Å². The molecule has 0 spiro atoms. The van der Waals surface area contributed by atoms with Gasteiger partial charge in [0.25, 0.3) is 0 Å². The van der Waals surface area contributed by atoms with Gasteiger partial charge in [0, 0.05) is 6.61 Å². The lowest BCUT2D eigenvalue weighted by atomic mass is 9.95. The van der Waals surface area contributed by atoms with Crippen molar-refractivity contribution in [2.75, 3.05) is 27.4 Å². The molecule has 1 atom stereocenters. The molecule has 0 saturated heterocycles. The van der Waals surface area contributed by atoms with E-state index >= 15 is 0 Å². The molecule has 0 aromatic rings. The number of methoxy groups -OCH3 is 2. The van der Waals surface area contributed by atoms with Gasteiger partial charge in [-0.25, -0.2) is 4.79 Å². The quantitative estimate of drug-likeness (QED) is 0.341. The average Bonchev–Trinajstić information content (AvgIpc) is 2.46. The zero-order valence-electron chi connectivity index (χ0n) is 13.1. The van der Waals surface area contributed by atoms with Crippen molar-refractivity contribution < 1.29 is 33.3 Å². The fourth-order valence-corrected chi connectivity index (χ4v) is 1.75. The van der Waals surface area contributed by atoms with Gasteiger partial charge in [-0.3, -0.25) is 9.59 Å². The third-order valence-electron chi connectivity index (χ3n) is 2.83. The summed E-state index contributed by atoms with van der Waals surface area (Å²) in [5.74, 6) is -2.09. The summed E-state index contributed by atoms with van der Waals surface area (Å²) < 4.78 is 19.6. The van der Waals surface area contributed by atoms with Gasteiger partial charge in [0.05, 0.1) is 33.7 Å². The van der Waals surface area contributed by atoms with E-state index in [0.717, 1.165) is 20.0 Å². The van der Waals surface area contributed by atoms with E-state index < -0.39 is 36.4 Å². The first-order valence-corrected chi connectivity index (χ1v) is 6.90. The number of hydrogen-bond acceptors (Lipinski definition) is 7. The monoisotopic (exact) mass is 304 g/mol. The molecule has 21 heavy (non-hydrogen) atoms. The van der Waals surface area contributed by atoms with Crippen molar-refractivity contribution in [1.29, 1.82) is 0 Å².